The SMILES string of the molecule is COc1cc(C)c(NC(C)CC2CCC2)cc1OC. The summed E-state index contributed by atoms with van der Waals surface area (Å²) in [5, 5.41) is 3.60. The van der Waals surface area contributed by atoms with Gasteiger partial charge in [-0.3, -0.25) is 0 Å². The fourth-order valence-corrected chi connectivity index (χ4v) is 2.69. The van der Waals surface area contributed by atoms with Crippen molar-refractivity contribution < 1.29 is 9.47 Å². The molecule has 0 aliphatic heterocycles. The molecule has 0 bridgehead atoms. The molecule has 3 heteroatoms. The lowest BCUT2D eigenvalue weighted by atomic mass is 9.81. The van der Waals surface area contributed by atoms with Crippen molar-refractivity contribution in [1.29, 1.82) is 0 Å². The standard InChI is InChI=1S/C16H25NO2/c1-11-8-15(18-3)16(19-4)10-14(11)17-12(2)9-13-6-5-7-13/h8,10,12-13,17H,5-7,9H2,1-4H3. The Morgan fingerprint density at radius 3 is 2.37 bits per heavy atom. The molecule has 1 N–H and O–H groups in total. The van der Waals surface area contributed by atoms with E-state index in [1.165, 1.54) is 31.2 Å². The Bertz CT molecular complexity index is 427. The molecular formula is C16H25NO2. The van der Waals surface area contributed by atoms with Crippen molar-refractivity contribution >= 4 is 5.69 Å². The molecule has 19 heavy (non-hydrogen) atoms. The normalized spacial score (nSPS) is 16.6. The first kappa shape index (κ1) is 14.0. The van der Waals surface area contributed by atoms with Gasteiger partial charge in [-0.15, -0.1) is 0 Å². The van der Waals surface area contributed by atoms with E-state index in [1.54, 1.807) is 14.2 Å². The first-order chi connectivity index (χ1) is 9.13. The summed E-state index contributed by atoms with van der Waals surface area (Å²) >= 11 is 0. The maximum Gasteiger partial charge on any atom is 0.162 e. The smallest absolute Gasteiger partial charge is 0.162 e. The number of aryl methyl sites for hydroxylation is 1. The summed E-state index contributed by atoms with van der Waals surface area (Å²) < 4.78 is 10.7. The number of rotatable bonds is 6. The van der Waals surface area contributed by atoms with Gasteiger partial charge in [0.1, 0.15) is 0 Å². The van der Waals surface area contributed by atoms with E-state index in [1.807, 2.05) is 12.1 Å². The van der Waals surface area contributed by atoms with Crippen molar-refractivity contribution in [2.45, 2.75) is 45.6 Å². The van der Waals surface area contributed by atoms with Crippen LogP contribution in [-0.2, 0) is 0 Å². The van der Waals surface area contributed by atoms with E-state index in [0.29, 0.717) is 6.04 Å². The Hall–Kier alpha value is -1.38. The van der Waals surface area contributed by atoms with E-state index in [4.69, 9.17) is 9.47 Å². The van der Waals surface area contributed by atoms with Gasteiger partial charge in [0.25, 0.3) is 0 Å². The van der Waals surface area contributed by atoms with Crippen LogP contribution in [0.15, 0.2) is 12.1 Å². The summed E-state index contributed by atoms with van der Waals surface area (Å²) in [7, 11) is 3.35. The second kappa shape index (κ2) is 6.18. The van der Waals surface area contributed by atoms with Crippen LogP contribution in [0.4, 0.5) is 5.69 Å². The highest BCUT2D eigenvalue weighted by molar-refractivity contribution is 5.60. The van der Waals surface area contributed by atoms with Gasteiger partial charge in [0.2, 0.25) is 0 Å². The summed E-state index contributed by atoms with van der Waals surface area (Å²) in [5.74, 6) is 2.49. The third-order valence-corrected chi connectivity index (χ3v) is 4.04. The third kappa shape index (κ3) is 3.34. The maximum absolute atomic E-state index is 5.36. The molecule has 1 aromatic carbocycles. The number of anilines is 1. The Labute approximate surface area is 116 Å². The molecule has 3 nitrogen and oxygen atoms in total. The van der Waals surface area contributed by atoms with Gasteiger partial charge in [-0.2, -0.15) is 0 Å². The molecule has 1 saturated carbocycles. The Morgan fingerprint density at radius 2 is 1.84 bits per heavy atom. The van der Waals surface area contributed by atoms with Crippen molar-refractivity contribution in [2.24, 2.45) is 5.92 Å². The summed E-state index contributed by atoms with van der Waals surface area (Å²) in [6.07, 6.45) is 5.47. The van der Waals surface area contributed by atoms with Gasteiger partial charge in [-0.1, -0.05) is 19.3 Å². The predicted octanol–water partition coefficient (Wildman–Crippen LogP) is 4.00. The van der Waals surface area contributed by atoms with Gasteiger partial charge < -0.3 is 14.8 Å². The van der Waals surface area contributed by atoms with Crippen LogP contribution >= 0.6 is 0 Å². The number of hydrogen-bond donors (Lipinski definition) is 1. The summed E-state index contributed by atoms with van der Waals surface area (Å²) in [5.41, 5.74) is 2.34. The molecule has 1 aliphatic carbocycles. The third-order valence-electron chi connectivity index (χ3n) is 4.04. The van der Waals surface area contributed by atoms with Crippen LogP contribution in [0.1, 0.15) is 38.2 Å². The molecule has 0 aromatic heterocycles. The molecule has 0 saturated heterocycles. The van der Waals surface area contributed by atoms with Crippen molar-refractivity contribution in [2.75, 3.05) is 19.5 Å². The number of methoxy groups -OCH3 is 2. The minimum Gasteiger partial charge on any atom is -0.493 e. The second-order valence-electron chi connectivity index (χ2n) is 5.60. The van der Waals surface area contributed by atoms with Crippen LogP contribution in [0, 0.1) is 12.8 Å². The van der Waals surface area contributed by atoms with E-state index in [-0.39, 0.29) is 0 Å². The van der Waals surface area contributed by atoms with Crippen LogP contribution in [0.5, 0.6) is 11.5 Å². The van der Waals surface area contributed by atoms with Gasteiger partial charge in [-0.05, 0) is 37.8 Å². The van der Waals surface area contributed by atoms with Crippen LogP contribution < -0.4 is 14.8 Å². The topological polar surface area (TPSA) is 30.5 Å². The molecule has 0 amide bonds. The first-order valence-corrected chi connectivity index (χ1v) is 7.13. The van der Waals surface area contributed by atoms with Gasteiger partial charge in [-0.25, -0.2) is 0 Å². The van der Waals surface area contributed by atoms with Crippen LogP contribution in [-0.4, -0.2) is 20.3 Å². The molecule has 1 fully saturated rings. The zero-order valence-electron chi connectivity index (χ0n) is 12.5. The quantitative estimate of drug-likeness (QED) is 0.841. The van der Waals surface area contributed by atoms with Crippen LogP contribution in [0.2, 0.25) is 0 Å². The number of benzene rings is 1. The highest BCUT2D eigenvalue weighted by Crippen LogP contribution is 2.35. The average molecular weight is 263 g/mol. The summed E-state index contributed by atoms with van der Waals surface area (Å²) in [6, 6.07) is 4.56. The fraction of sp³-hybridized carbons (Fsp3) is 0.625. The minimum absolute atomic E-state index is 0.502. The predicted molar refractivity (Wildman–Crippen MR) is 79.3 cm³/mol. The number of nitrogens with one attached hydrogen (secondary N) is 1. The highest BCUT2D eigenvalue weighted by atomic mass is 16.5. The summed E-state index contributed by atoms with van der Waals surface area (Å²) in [6.45, 7) is 4.36. The first-order valence-electron chi connectivity index (χ1n) is 7.13. The lowest BCUT2D eigenvalue weighted by Crippen LogP contribution is -2.23. The average Bonchev–Trinajstić information content (AvgIpc) is 2.35. The van der Waals surface area contributed by atoms with Gasteiger partial charge in [0.05, 0.1) is 14.2 Å². The number of ether oxygens (including phenoxy) is 2. The van der Waals surface area contributed by atoms with Gasteiger partial charge in [0, 0.05) is 17.8 Å². The van der Waals surface area contributed by atoms with Crippen molar-refractivity contribution in [1.82, 2.24) is 0 Å². The largest absolute Gasteiger partial charge is 0.493 e. The molecule has 106 valence electrons. The molecule has 1 aromatic rings. The second-order valence-corrected chi connectivity index (χ2v) is 5.60. The van der Waals surface area contributed by atoms with Crippen molar-refractivity contribution in [3.63, 3.8) is 0 Å². The maximum atomic E-state index is 5.36. The van der Waals surface area contributed by atoms with Gasteiger partial charge in [0.15, 0.2) is 11.5 Å². The fourth-order valence-electron chi connectivity index (χ4n) is 2.69. The van der Waals surface area contributed by atoms with Crippen molar-refractivity contribution in [3.8, 4) is 11.5 Å². The lowest BCUT2D eigenvalue weighted by Gasteiger charge is -2.29. The molecule has 1 unspecified atom stereocenters. The van der Waals surface area contributed by atoms with Crippen molar-refractivity contribution in [3.05, 3.63) is 17.7 Å². The van der Waals surface area contributed by atoms with E-state index < -0.39 is 0 Å². The molecular weight excluding hydrogens is 238 g/mol. The Balaban J connectivity index is 2.05. The van der Waals surface area contributed by atoms with E-state index in [0.717, 1.165) is 23.1 Å². The van der Waals surface area contributed by atoms with Crippen LogP contribution in [0.25, 0.3) is 0 Å². The highest BCUT2D eigenvalue weighted by Gasteiger charge is 2.20. The number of hydrogen-bond acceptors (Lipinski definition) is 3. The minimum atomic E-state index is 0.502. The van der Waals surface area contributed by atoms with E-state index in [9.17, 15) is 0 Å². The molecule has 1 atom stereocenters. The molecule has 1 aliphatic rings. The molecule has 0 heterocycles. The van der Waals surface area contributed by atoms with E-state index in [2.05, 4.69) is 19.2 Å². The monoisotopic (exact) mass is 263 g/mol. The summed E-state index contributed by atoms with van der Waals surface area (Å²) in [4.78, 5) is 0. The molecule has 2 rings (SSSR count). The van der Waals surface area contributed by atoms with E-state index >= 15 is 0 Å². The Kier molecular flexibility index (Phi) is 4.56. The molecule has 0 spiro atoms. The van der Waals surface area contributed by atoms with Crippen LogP contribution in [0.3, 0.4) is 0 Å². The zero-order valence-corrected chi connectivity index (χ0v) is 12.5. The zero-order chi connectivity index (χ0) is 13.8. The van der Waals surface area contributed by atoms with Gasteiger partial charge >= 0.3 is 0 Å². The molecule has 0 radical (unpaired) electrons. The lowest BCUT2D eigenvalue weighted by molar-refractivity contribution is 0.286. The Morgan fingerprint density at radius 1 is 1.21 bits per heavy atom.